The molecule has 0 spiro atoms. The van der Waals surface area contributed by atoms with E-state index in [0.717, 1.165) is 16.7 Å². The molecule has 1 aromatic heterocycles. The third-order valence-electron chi connectivity index (χ3n) is 3.39. The number of thiophene rings is 1. The Morgan fingerprint density at radius 1 is 1.25 bits per heavy atom. The van der Waals surface area contributed by atoms with E-state index in [1.807, 2.05) is 29.8 Å². The summed E-state index contributed by atoms with van der Waals surface area (Å²) >= 11 is 1.54. The van der Waals surface area contributed by atoms with Crippen LogP contribution in [-0.2, 0) is 16.6 Å². The molecule has 4 nitrogen and oxygen atoms in total. The quantitative estimate of drug-likeness (QED) is 0.853. The van der Waals surface area contributed by atoms with E-state index in [0.29, 0.717) is 22.7 Å². The Hall–Kier alpha value is -1.37. The molecule has 0 saturated carbocycles. The Labute approximate surface area is 123 Å². The van der Waals surface area contributed by atoms with Crippen molar-refractivity contribution in [1.29, 1.82) is 0 Å². The summed E-state index contributed by atoms with van der Waals surface area (Å²) in [5.41, 5.74) is 9.57. The zero-order valence-corrected chi connectivity index (χ0v) is 13.4. The van der Waals surface area contributed by atoms with Crippen LogP contribution in [0.15, 0.2) is 27.8 Å². The number of sulfonamides is 1. The fraction of sp³-hybridized carbons (Fsp3) is 0.286. The van der Waals surface area contributed by atoms with E-state index in [-0.39, 0.29) is 0 Å². The van der Waals surface area contributed by atoms with Gasteiger partial charge in [-0.3, -0.25) is 0 Å². The van der Waals surface area contributed by atoms with Crippen LogP contribution in [0, 0.1) is 20.8 Å². The van der Waals surface area contributed by atoms with E-state index in [1.54, 1.807) is 25.2 Å². The normalized spacial score (nSPS) is 11.8. The average molecular weight is 310 g/mol. The molecule has 2 rings (SSSR count). The number of rotatable bonds is 4. The van der Waals surface area contributed by atoms with Crippen molar-refractivity contribution in [3.05, 3.63) is 45.1 Å². The lowest BCUT2D eigenvalue weighted by atomic mass is 10.1. The Bertz CT molecular complexity index is 694. The number of benzene rings is 1. The second-order valence-corrected chi connectivity index (χ2v) is 7.30. The van der Waals surface area contributed by atoms with Crippen LogP contribution < -0.4 is 10.5 Å². The van der Waals surface area contributed by atoms with Gasteiger partial charge in [-0.1, -0.05) is 0 Å². The van der Waals surface area contributed by atoms with E-state index >= 15 is 0 Å². The summed E-state index contributed by atoms with van der Waals surface area (Å²) in [6.45, 7) is 5.70. The number of anilines is 1. The van der Waals surface area contributed by atoms with Crippen molar-refractivity contribution in [3.63, 3.8) is 0 Å². The van der Waals surface area contributed by atoms with Crippen LogP contribution in [0.2, 0.25) is 0 Å². The van der Waals surface area contributed by atoms with Crippen LogP contribution in [0.5, 0.6) is 0 Å². The fourth-order valence-corrected chi connectivity index (χ4v) is 4.34. The molecule has 20 heavy (non-hydrogen) atoms. The highest BCUT2D eigenvalue weighted by molar-refractivity contribution is 7.89. The maximum Gasteiger partial charge on any atom is 0.241 e. The van der Waals surface area contributed by atoms with E-state index in [9.17, 15) is 8.42 Å². The molecule has 1 heterocycles. The largest absolute Gasteiger partial charge is 0.398 e. The minimum absolute atomic E-state index is 0.290. The number of aryl methyl sites for hydroxylation is 1. The molecule has 0 amide bonds. The third-order valence-corrected chi connectivity index (χ3v) is 5.80. The Balaban J connectivity index is 2.39. The summed E-state index contributed by atoms with van der Waals surface area (Å²) in [7, 11) is -3.57. The van der Waals surface area contributed by atoms with Crippen LogP contribution in [-0.4, -0.2) is 8.42 Å². The van der Waals surface area contributed by atoms with Gasteiger partial charge in [0.15, 0.2) is 0 Å². The second-order valence-electron chi connectivity index (χ2n) is 4.82. The van der Waals surface area contributed by atoms with Crippen molar-refractivity contribution in [2.45, 2.75) is 32.2 Å². The number of nitrogens with one attached hydrogen (secondary N) is 1. The monoisotopic (exact) mass is 310 g/mol. The molecule has 0 aliphatic carbocycles. The predicted octanol–water partition coefficient (Wildman–Crippen LogP) is 2.73. The molecule has 0 aliphatic heterocycles. The van der Waals surface area contributed by atoms with Crippen molar-refractivity contribution < 1.29 is 8.42 Å². The Morgan fingerprint density at radius 2 is 1.95 bits per heavy atom. The lowest BCUT2D eigenvalue weighted by molar-refractivity contribution is 0.580. The molecule has 0 aliphatic rings. The first kappa shape index (κ1) is 15.0. The lowest BCUT2D eigenvalue weighted by Crippen LogP contribution is -2.25. The fourth-order valence-electron chi connectivity index (χ4n) is 2.09. The van der Waals surface area contributed by atoms with Crippen molar-refractivity contribution in [2.24, 2.45) is 0 Å². The molecule has 0 bridgehead atoms. The van der Waals surface area contributed by atoms with E-state index < -0.39 is 10.0 Å². The molecule has 0 fully saturated rings. The van der Waals surface area contributed by atoms with Gasteiger partial charge in [0.2, 0.25) is 10.0 Å². The lowest BCUT2D eigenvalue weighted by Gasteiger charge is -2.15. The number of hydrogen-bond acceptors (Lipinski definition) is 4. The molecule has 0 radical (unpaired) electrons. The van der Waals surface area contributed by atoms with Gasteiger partial charge in [-0.15, -0.1) is 0 Å². The van der Waals surface area contributed by atoms with Crippen molar-refractivity contribution in [1.82, 2.24) is 4.72 Å². The van der Waals surface area contributed by atoms with Crippen molar-refractivity contribution >= 4 is 27.0 Å². The smallest absolute Gasteiger partial charge is 0.241 e. The standard InChI is InChI=1S/C14H18N2O2S2/c1-9-6-13(15)11(3)14(10(9)2)20(17,18)16-7-12-4-5-19-8-12/h4-6,8,16H,7,15H2,1-3H3. The Kier molecular flexibility index (Phi) is 4.17. The molecule has 3 N–H and O–H groups in total. The first-order valence-electron chi connectivity index (χ1n) is 6.20. The molecule has 1 aromatic carbocycles. The van der Waals surface area contributed by atoms with Gasteiger partial charge < -0.3 is 5.73 Å². The van der Waals surface area contributed by atoms with Gasteiger partial charge in [0, 0.05) is 12.2 Å². The maximum absolute atomic E-state index is 12.5. The van der Waals surface area contributed by atoms with Gasteiger partial charge in [0.25, 0.3) is 0 Å². The molecular formula is C14H18N2O2S2. The first-order valence-corrected chi connectivity index (χ1v) is 8.62. The summed E-state index contributed by atoms with van der Waals surface area (Å²) in [5.74, 6) is 0. The van der Waals surface area contributed by atoms with Crippen LogP contribution >= 0.6 is 11.3 Å². The van der Waals surface area contributed by atoms with Gasteiger partial charge in [-0.25, -0.2) is 13.1 Å². The van der Waals surface area contributed by atoms with Crippen LogP contribution in [0.25, 0.3) is 0 Å². The highest BCUT2D eigenvalue weighted by atomic mass is 32.2. The molecular weight excluding hydrogens is 292 g/mol. The van der Waals surface area contributed by atoms with Gasteiger partial charge in [0.05, 0.1) is 4.90 Å². The summed E-state index contributed by atoms with van der Waals surface area (Å²) < 4.78 is 27.7. The van der Waals surface area contributed by atoms with Crippen molar-refractivity contribution in [3.8, 4) is 0 Å². The van der Waals surface area contributed by atoms with Gasteiger partial charge in [-0.2, -0.15) is 11.3 Å². The minimum atomic E-state index is -3.57. The molecule has 0 saturated heterocycles. The van der Waals surface area contributed by atoms with Crippen LogP contribution in [0.1, 0.15) is 22.3 Å². The van der Waals surface area contributed by atoms with Crippen LogP contribution in [0.3, 0.4) is 0 Å². The molecule has 2 aromatic rings. The molecule has 0 atom stereocenters. The first-order chi connectivity index (χ1) is 9.33. The van der Waals surface area contributed by atoms with Gasteiger partial charge >= 0.3 is 0 Å². The highest BCUT2D eigenvalue weighted by Crippen LogP contribution is 2.27. The SMILES string of the molecule is Cc1cc(N)c(C)c(S(=O)(=O)NCc2ccsc2)c1C. The Morgan fingerprint density at radius 3 is 2.55 bits per heavy atom. The number of nitrogens with two attached hydrogens (primary N) is 1. The summed E-state index contributed by atoms with van der Waals surface area (Å²) in [6.07, 6.45) is 0. The molecule has 108 valence electrons. The average Bonchev–Trinajstić information content (AvgIpc) is 2.87. The van der Waals surface area contributed by atoms with Gasteiger partial charge in [-0.05, 0) is 65.9 Å². The zero-order valence-electron chi connectivity index (χ0n) is 11.7. The third kappa shape index (κ3) is 2.87. The highest BCUT2D eigenvalue weighted by Gasteiger charge is 2.22. The number of nitrogen functional groups attached to an aromatic ring is 1. The predicted molar refractivity (Wildman–Crippen MR) is 83.4 cm³/mol. The summed E-state index contributed by atoms with van der Waals surface area (Å²) in [5, 5.41) is 3.84. The maximum atomic E-state index is 12.5. The minimum Gasteiger partial charge on any atom is -0.398 e. The van der Waals surface area contributed by atoms with E-state index in [1.165, 1.54) is 0 Å². The zero-order chi connectivity index (χ0) is 14.9. The van der Waals surface area contributed by atoms with E-state index in [2.05, 4.69) is 4.72 Å². The molecule has 0 unspecified atom stereocenters. The summed E-state index contributed by atoms with van der Waals surface area (Å²) in [4.78, 5) is 0.297. The van der Waals surface area contributed by atoms with E-state index in [4.69, 9.17) is 5.73 Å². The topological polar surface area (TPSA) is 72.2 Å². The van der Waals surface area contributed by atoms with Crippen LogP contribution in [0.4, 0.5) is 5.69 Å². The second kappa shape index (κ2) is 5.55. The van der Waals surface area contributed by atoms with Crippen molar-refractivity contribution in [2.75, 3.05) is 5.73 Å². The summed E-state index contributed by atoms with van der Waals surface area (Å²) in [6, 6.07) is 3.71. The molecule has 6 heteroatoms. The number of hydrogen-bond donors (Lipinski definition) is 2. The van der Waals surface area contributed by atoms with Gasteiger partial charge in [0.1, 0.15) is 0 Å².